The van der Waals surface area contributed by atoms with Crippen LogP contribution in [0.5, 0.6) is 0 Å². The molecule has 0 amide bonds. The van der Waals surface area contributed by atoms with E-state index in [1.807, 2.05) is 0 Å². The molecular weight excluding hydrogens is 230 g/mol. The number of hydrogen-bond acceptors (Lipinski definition) is 4. The number of aliphatic hydroxyl groups excluding tert-OH is 1. The molecule has 3 unspecified atom stereocenters. The number of rotatable bonds is 4. The summed E-state index contributed by atoms with van der Waals surface area (Å²) in [6.45, 7) is 7.08. The van der Waals surface area contributed by atoms with Gasteiger partial charge in [0.25, 0.3) is 0 Å². The van der Waals surface area contributed by atoms with Crippen LogP contribution in [-0.4, -0.2) is 62.7 Å². The second kappa shape index (κ2) is 6.33. The van der Waals surface area contributed by atoms with E-state index in [9.17, 15) is 5.11 Å². The van der Waals surface area contributed by atoms with Crippen LogP contribution in [0, 0.1) is 11.3 Å². The van der Waals surface area contributed by atoms with Crippen LogP contribution >= 0.6 is 0 Å². The Hall–Kier alpha value is -0.160. The van der Waals surface area contributed by atoms with Crippen LogP contribution in [0.15, 0.2) is 0 Å². The molecule has 0 aliphatic carbocycles. The van der Waals surface area contributed by atoms with Crippen molar-refractivity contribution >= 4 is 0 Å². The summed E-state index contributed by atoms with van der Waals surface area (Å²) in [4.78, 5) is 2.44. The van der Waals surface area contributed by atoms with Crippen LogP contribution in [0.3, 0.4) is 0 Å². The van der Waals surface area contributed by atoms with Gasteiger partial charge in [0.2, 0.25) is 0 Å². The molecule has 0 spiro atoms. The van der Waals surface area contributed by atoms with Gasteiger partial charge in [-0.15, -0.1) is 0 Å². The van der Waals surface area contributed by atoms with Crippen LogP contribution in [0.2, 0.25) is 0 Å². The molecule has 0 bridgehead atoms. The molecule has 2 aliphatic heterocycles. The van der Waals surface area contributed by atoms with E-state index in [0.29, 0.717) is 18.6 Å². The Labute approximate surface area is 110 Å². The average molecular weight is 257 g/mol. The van der Waals surface area contributed by atoms with Crippen molar-refractivity contribution in [2.24, 2.45) is 11.3 Å². The molecule has 0 radical (unpaired) electrons. The summed E-state index contributed by atoms with van der Waals surface area (Å²) in [6, 6.07) is 0. The molecule has 0 aromatic heterocycles. The van der Waals surface area contributed by atoms with Gasteiger partial charge in [0.15, 0.2) is 0 Å². The second-order valence-electron chi connectivity index (χ2n) is 6.09. The van der Waals surface area contributed by atoms with Gasteiger partial charge < -0.3 is 19.5 Å². The van der Waals surface area contributed by atoms with Crippen LogP contribution in [0.4, 0.5) is 0 Å². The van der Waals surface area contributed by atoms with E-state index in [4.69, 9.17) is 9.47 Å². The molecule has 2 aliphatic rings. The first kappa shape index (κ1) is 14.3. The monoisotopic (exact) mass is 257 g/mol. The number of piperidine rings is 1. The quantitative estimate of drug-likeness (QED) is 0.820. The smallest absolute Gasteiger partial charge is 0.0724 e. The van der Waals surface area contributed by atoms with Gasteiger partial charge in [-0.3, -0.25) is 0 Å². The van der Waals surface area contributed by atoms with Gasteiger partial charge in [0.1, 0.15) is 0 Å². The number of nitrogens with zero attached hydrogens (tertiary/aromatic N) is 1. The minimum absolute atomic E-state index is 0.0445. The third-order valence-corrected chi connectivity index (χ3v) is 4.57. The average Bonchev–Trinajstić information content (AvgIpc) is 2.42. The molecule has 4 heteroatoms. The molecule has 4 nitrogen and oxygen atoms in total. The summed E-state index contributed by atoms with van der Waals surface area (Å²) < 4.78 is 11.1. The molecule has 18 heavy (non-hydrogen) atoms. The van der Waals surface area contributed by atoms with Gasteiger partial charge in [-0.2, -0.15) is 0 Å². The zero-order valence-electron chi connectivity index (χ0n) is 11.7. The van der Waals surface area contributed by atoms with E-state index in [1.165, 1.54) is 6.42 Å². The van der Waals surface area contributed by atoms with E-state index in [1.54, 1.807) is 7.11 Å². The molecule has 2 rings (SSSR count). The fourth-order valence-electron chi connectivity index (χ4n) is 3.23. The Morgan fingerprint density at radius 1 is 1.50 bits per heavy atom. The van der Waals surface area contributed by atoms with Gasteiger partial charge in [-0.1, -0.05) is 6.92 Å². The SMILES string of the molecule is COC1CN(CC2(CO)CCCOC2)CCC1C. The summed E-state index contributed by atoms with van der Waals surface area (Å²) in [5, 5.41) is 9.71. The molecule has 0 aromatic rings. The van der Waals surface area contributed by atoms with Gasteiger partial charge in [-0.05, 0) is 31.7 Å². The molecule has 3 atom stereocenters. The molecule has 0 saturated carbocycles. The van der Waals surface area contributed by atoms with Crippen molar-refractivity contribution in [2.75, 3.05) is 46.6 Å². The number of methoxy groups -OCH3 is 1. The fraction of sp³-hybridized carbons (Fsp3) is 1.00. The highest BCUT2D eigenvalue weighted by molar-refractivity contribution is 4.88. The molecule has 106 valence electrons. The minimum atomic E-state index is -0.0445. The number of aliphatic hydroxyl groups is 1. The summed E-state index contributed by atoms with van der Waals surface area (Å²) in [5.41, 5.74) is -0.0445. The standard InChI is InChI=1S/C14H27NO3/c1-12-4-6-15(8-13(12)17-2)9-14(10-16)5-3-7-18-11-14/h12-13,16H,3-11H2,1-2H3. The first-order valence-electron chi connectivity index (χ1n) is 7.13. The largest absolute Gasteiger partial charge is 0.396 e. The molecule has 2 saturated heterocycles. The zero-order chi connectivity index (χ0) is 13.0. The second-order valence-corrected chi connectivity index (χ2v) is 6.09. The Balaban J connectivity index is 1.91. The maximum Gasteiger partial charge on any atom is 0.0724 e. The zero-order valence-corrected chi connectivity index (χ0v) is 11.7. The van der Waals surface area contributed by atoms with Crippen molar-refractivity contribution in [1.29, 1.82) is 0 Å². The summed E-state index contributed by atoms with van der Waals surface area (Å²) in [7, 11) is 1.80. The number of hydrogen-bond donors (Lipinski definition) is 1. The van der Waals surface area contributed by atoms with Crippen LogP contribution in [0.1, 0.15) is 26.2 Å². The van der Waals surface area contributed by atoms with E-state index in [-0.39, 0.29) is 12.0 Å². The molecule has 2 fully saturated rings. The lowest BCUT2D eigenvalue weighted by Crippen LogP contribution is -2.51. The van der Waals surface area contributed by atoms with Gasteiger partial charge >= 0.3 is 0 Å². The maximum atomic E-state index is 9.71. The molecule has 1 N–H and O–H groups in total. The van der Waals surface area contributed by atoms with Crippen molar-refractivity contribution in [3.63, 3.8) is 0 Å². The Bertz CT molecular complexity index is 253. The first-order valence-corrected chi connectivity index (χ1v) is 7.13. The van der Waals surface area contributed by atoms with Gasteiger partial charge in [-0.25, -0.2) is 0 Å². The van der Waals surface area contributed by atoms with Crippen molar-refractivity contribution in [3.05, 3.63) is 0 Å². The fourth-order valence-corrected chi connectivity index (χ4v) is 3.23. The molecule has 0 aromatic carbocycles. The topological polar surface area (TPSA) is 41.9 Å². The van der Waals surface area contributed by atoms with Gasteiger partial charge in [0, 0.05) is 32.2 Å². The van der Waals surface area contributed by atoms with Crippen LogP contribution < -0.4 is 0 Å². The first-order chi connectivity index (χ1) is 8.69. The third kappa shape index (κ3) is 3.23. The van der Waals surface area contributed by atoms with E-state index in [0.717, 1.165) is 39.1 Å². The van der Waals surface area contributed by atoms with Crippen molar-refractivity contribution in [2.45, 2.75) is 32.3 Å². The van der Waals surface area contributed by atoms with Crippen LogP contribution in [-0.2, 0) is 9.47 Å². The van der Waals surface area contributed by atoms with Crippen molar-refractivity contribution < 1.29 is 14.6 Å². The highest BCUT2D eigenvalue weighted by Crippen LogP contribution is 2.31. The van der Waals surface area contributed by atoms with E-state index >= 15 is 0 Å². The highest BCUT2D eigenvalue weighted by Gasteiger charge is 2.36. The lowest BCUT2D eigenvalue weighted by Gasteiger charge is -2.43. The van der Waals surface area contributed by atoms with E-state index in [2.05, 4.69) is 11.8 Å². The number of likely N-dealkylation sites (tertiary alicyclic amines) is 1. The predicted octanol–water partition coefficient (Wildman–Crippen LogP) is 1.13. The Morgan fingerprint density at radius 3 is 2.94 bits per heavy atom. The lowest BCUT2D eigenvalue weighted by atomic mass is 9.82. The van der Waals surface area contributed by atoms with Crippen molar-refractivity contribution in [1.82, 2.24) is 4.90 Å². The Morgan fingerprint density at radius 2 is 2.33 bits per heavy atom. The highest BCUT2D eigenvalue weighted by atomic mass is 16.5. The normalized spacial score (nSPS) is 38.8. The van der Waals surface area contributed by atoms with E-state index < -0.39 is 0 Å². The predicted molar refractivity (Wildman–Crippen MR) is 70.6 cm³/mol. The maximum absolute atomic E-state index is 9.71. The van der Waals surface area contributed by atoms with Crippen molar-refractivity contribution in [3.8, 4) is 0 Å². The molecule has 2 heterocycles. The number of ether oxygens (including phenoxy) is 2. The Kier molecular flexibility index (Phi) is 5.01. The third-order valence-electron chi connectivity index (χ3n) is 4.57. The van der Waals surface area contributed by atoms with Crippen LogP contribution in [0.25, 0.3) is 0 Å². The minimum Gasteiger partial charge on any atom is -0.396 e. The van der Waals surface area contributed by atoms with Gasteiger partial charge in [0.05, 0.1) is 19.3 Å². The summed E-state index contributed by atoms with van der Waals surface area (Å²) in [5.74, 6) is 0.638. The lowest BCUT2D eigenvalue weighted by molar-refractivity contribution is -0.0745. The summed E-state index contributed by atoms with van der Waals surface area (Å²) >= 11 is 0. The summed E-state index contributed by atoms with van der Waals surface area (Å²) in [6.07, 6.45) is 3.66. The molecular formula is C14H27NO3.